The van der Waals surface area contributed by atoms with E-state index in [1.165, 1.54) is 18.3 Å². The second-order valence-electron chi connectivity index (χ2n) is 5.64. The molecule has 1 rings (SSSR count). The minimum atomic E-state index is -3.54. The molecule has 0 radical (unpaired) electrons. The van der Waals surface area contributed by atoms with Crippen molar-refractivity contribution >= 4 is 15.8 Å². The van der Waals surface area contributed by atoms with Crippen molar-refractivity contribution < 1.29 is 8.42 Å². The van der Waals surface area contributed by atoms with Gasteiger partial charge in [0, 0.05) is 25.4 Å². The third kappa shape index (κ3) is 5.14. The zero-order valence-corrected chi connectivity index (χ0v) is 12.7. The van der Waals surface area contributed by atoms with Crippen LogP contribution in [0, 0.1) is 5.41 Å². The Balaban J connectivity index is 2.76. The highest BCUT2D eigenvalue weighted by Crippen LogP contribution is 2.17. The molecule has 1 heterocycles. The number of nitrogen functional groups attached to an aromatic ring is 1. The van der Waals surface area contributed by atoms with Gasteiger partial charge in [-0.05, 0) is 25.6 Å². The second-order valence-corrected chi connectivity index (χ2v) is 7.41. The van der Waals surface area contributed by atoms with E-state index in [0.29, 0.717) is 6.54 Å². The van der Waals surface area contributed by atoms with E-state index in [0.717, 1.165) is 6.54 Å². The van der Waals surface area contributed by atoms with Crippen molar-refractivity contribution in [3.8, 4) is 0 Å². The highest BCUT2D eigenvalue weighted by molar-refractivity contribution is 7.89. The number of anilines is 1. The maximum atomic E-state index is 12.1. The van der Waals surface area contributed by atoms with Crippen LogP contribution in [-0.2, 0) is 10.0 Å². The van der Waals surface area contributed by atoms with Gasteiger partial charge in [0.2, 0.25) is 10.0 Å². The van der Waals surface area contributed by atoms with E-state index >= 15 is 0 Å². The minimum absolute atomic E-state index is 0.139. The molecule has 19 heavy (non-hydrogen) atoms. The first-order valence-electron chi connectivity index (χ1n) is 5.98. The number of sulfonamides is 1. The molecule has 0 bridgehead atoms. The smallest absolute Gasteiger partial charge is 0.240 e. The molecule has 108 valence electrons. The lowest BCUT2D eigenvalue weighted by Crippen LogP contribution is -2.39. The van der Waals surface area contributed by atoms with Crippen molar-refractivity contribution in [2.24, 2.45) is 5.41 Å². The van der Waals surface area contributed by atoms with Crippen molar-refractivity contribution in [3.63, 3.8) is 0 Å². The van der Waals surface area contributed by atoms with Crippen molar-refractivity contribution in [3.05, 3.63) is 18.3 Å². The molecular formula is C12H22N4O2S. The first-order valence-corrected chi connectivity index (χ1v) is 7.47. The molecule has 0 fully saturated rings. The van der Waals surface area contributed by atoms with Gasteiger partial charge in [-0.3, -0.25) is 0 Å². The maximum absolute atomic E-state index is 12.1. The van der Waals surface area contributed by atoms with Crippen molar-refractivity contribution in [1.29, 1.82) is 0 Å². The number of rotatable bonds is 6. The van der Waals surface area contributed by atoms with Crippen LogP contribution in [0.4, 0.5) is 5.82 Å². The van der Waals surface area contributed by atoms with Crippen LogP contribution in [0.25, 0.3) is 0 Å². The summed E-state index contributed by atoms with van der Waals surface area (Å²) in [7, 11) is 0.376. The Morgan fingerprint density at radius 1 is 1.42 bits per heavy atom. The van der Waals surface area contributed by atoms with Gasteiger partial charge in [0.05, 0.1) is 4.90 Å². The predicted molar refractivity (Wildman–Crippen MR) is 76.2 cm³/mol. The summed E-state index contributed by atoms with van der Waals surface area (Å²) in [5, 5.41) is 0. The van der Waals surface area contributed by atoms with E-state index in [1.807, 2.05) is 32.8 Å². The van der Waals surface area contributed by atoms with Crippen LogP contribution in [0.3, 0.4) is 0 Å². The quantitative estimate of drug-likeness (QED) is 0.796. The Bertz CT molecular complexity index is 526. The normalized spacial score (nSPS) is 12.9. The summed E-state index contributed by atoms with van der Waals surface area (Å²) in [6, 6.07) is 2.78. The number of aromatic nitrogens is 1. The first kappa shape index (κ1) is 15.9. The van der Waals surface area contributed by atoms with E-state index in [4.69, 9.17) is 5.73 Å². The maximum Gasteiger partial charge on any atom is 0.240 e. The van der Waals surface area contributed by atoms with Crippen LogP contribution in [0.1, 0.15) is 13.8 Å². The van der Waals surface area contributed by atoms with E-state index in [2.05, 4.69) is 9.71 Å². The van der Waals surface area contributed by atoms with Gasteiger partial charge in [0.25, 0.3) is 0 Å². The molecular weight excluding hydrogens is 264 g/mol. The Kier molecular flexibility index (Phi) is 4.89. The minimum Gasteiger partial charge on any atom is -0.384 e. The van der Waals surface area contributed by atoms with E-state index in [1.54, 1.807) is 0 Å². The Morgan fingerprint density at radius 3 is 2.58 bits per heavy atom. The first-order chi connectivity index (χ1) is 8.62. The number of hydrogen-bond donors (Lipinski definition) is 2. The molecule has 0 aromatic carbocycles. The summed E-state index contributed by atoms with van der Waals surface area (Å²) in [5.41, 5.74) is 5.34. The molecule has 0 spiro atoms. The lowest BCUT2D eigenvalue weighted by molar-refractivity contribution is 0.242. The van der Waals surface area contributed by atoms with Gasteiger partial charge in [-0.25, -0.2) is 18.1 Å². The lowest BCUT2D eigenvalue weighted by Gasteiger charge is -2.28. The van der Waals surface area contributed by atoms with Crippen LogP contribution in [-0.4, -0.2) is 45.5 Å². The summed E-state index contributed by atoms with van der Waals surface area (Å²) in [4.78, 5) is 5.95. The van der Waals surface area contributed by atoms with Gasteiger partial charge in [0.15, 0.2) is 0 Å². The second kappa shape index (κ2) is 5.85. The standard InChI is InChI=1S/C12H22N4O2S/c1-12(2,9-16(3)4)8-15-19(17,18)10-5-6-14-11(13)7-10/h5-7,15H,8-9H2,1-4H3,(H2,13,14). The van der Waals surface area contributed by atoms with Crippen LogP contribution in [0.2, 0.25) is 0 Å². The summed E-state index contributed by atoms with van der Waals surface area (Å²) >= 11 is 0. The summed E-state index contributed by atoms with van der Waals surface area (Å²) in [5.74, 6) is 0.190. The molecule has 3 N–H and O–H groups in total. The fraction of sp³-hybridized carbons (Fsp3) is 0.583. The highest BCUT2D eigenvalue weighted by Gasteiger charge is 2.23. The van der Waals surface area contributed by atoms with Crippen molar-refractivity contribution in [2.45, 2.75) is 18.7 Å². The number of hydrogen-bond acceptors (Lipinski definition) is 5. The average molecular weight is 286 g/mol. The van der Waals surface area contributed by atoms with Crippen molar-refractivity contribution in [2.75, 3.05) is 32.9 Å². The molecule has 7 heteroatoms. The monoisotopic (exact) mass is 286 g/mol. The van der Waals surface area contributed by atoms with Gasteiger partial charge >= 0.3 is 0 Å². The molecule has 0 atom stereocenters. The lowest BCUT2D eigenvalue weighted by atomic mass is 9.93. The van der Waals surface area contributed by atoms with E-state index in [-0.39, 0.29) is 16.1 Å². The van der Waals surface area contributed by atoms with E-state index < -0.39 is 10.0 Å². The van der Waals surface area contributed by atoms with Gasteiger partial charge in [-0.1, -0.05) is 13.8 Å². The molecule has 1 aromatic rings. The van der Waals surface area contributed by atoms with Gasteiger partial charge in [-0.15, -0.1) is 0 Å². The molecule has 0 amide bonds. The third-order valence-electron chi connectivity index (χ3n) is 2.55. The number of pyridine rings is 1. The molecule has 0 aliphatic heterocycles. The fourth-order valence-corrected chi connectivity index (χ4v) is 3.14. The summed E-state index contributed by atoms with van der Waals surface area (Å²) < 4.78 is 26.8. The van der Waals surface area contributed by atoms with Crippen molar-refractivity contribution in [1.82, 2.24) is 14.6 Å². The van der Waals surface area contributed by atoms with Gasteiger partial charge < -0.3 is 10.6 Å². The van der Waals surface area contributed by atoms with Crippen LogP contribution in [0.5, 0.6) is 0 Å². The highest BCUT2D eigenvalue weighted by atomic mass is 32.2. The molecule has 0 unspecified atom stereocenters. The molecule has 0 aliphatic rings. The zero-order chi connectivity index (χ0) is 14.7. The Morgan fingerprint density at radius 2 is 2.05 bits per heavy atom. The number of nitrogens with zero attached hydrogens (tertiary/aromatic N) is 2. The zero-order valence-electron chi connectivity index (χ0n) is 11.8. The average Bonchev–Trinajstić information content (AvgIpc) is 2.25. The SMILES string of the molecule is CN(C)CC(C)(C)CNS(=O)(=O)c1ccnc(N)c1. The topological polar surface area (TPSA) is 88.3 Å². The third-order valence-corrected chi connectivity index (χ3v) is 3.95. The largest absolute Gasteiger partial charge is 0.384 e. The summed E-state index contributed by atoms with van der Waals surface area (Å²) in [6.45, 7) is 5.16. The Hall–Kier alpha value is -1.18. The Labute approximate surface area is 115 Å². The molecule has 0 saturated carbocycles. The van der Waals surface area contributed by atoms with Crippen LogP contribution >= 0.6 is 0 Å². The molecule has 0 aliphatic carbocycles. The summed E-state index contributed by atoms with van der Waals surface area (Å²) in [6.07, 6.45) is 1.38. The van der Waals surface area contributed by atoms with Crippen LogP contribution in [0.15, 0.2) is 23.2 Å². The van der Waals surface area contributed by atoms with Gasteiger partial charge in [0.1, 0.15) is 5.82 Å². The molecule has 1 aromatic heterocycles. The number of nitrogens with two attached hydrogens (primary N) is 1. The molecule has 0 saturated heterocycles. The van der Waals surface area contributed by atoms with E-state index in [9.17, 15) is 8.42 Å². The van der Waals surface area contributed by atoms with Crippen LogP contribution < -0.4 is 10.5 Å². The predicted octanol–water partition coefficient (Wildman–Crippen LogP) is 0.530. The molecule has 6 nitrogen and oxygen atoms in total. The fourth-order valence-electron chi connectivity index (χ4n) is 1.88. The number of nitrogens with one attached hydrogen (secondary N) is 1. The van der Waals surface area contributed by atoms with Gasteiger partial charge in [-0.2, -0.15) is 0 Å².